The van der Waals surface area contributed by atoms with Gasteiger partial charge in [0, 0.05) is 12.0 Å². The van der Waals surface area contributed by atoms with E-state index in [0.29, 0.717) is 24.7 Å². The largest absolute Gasteiger partial charge is 0.522 e. The fraction of sp³-hybridized carbons (Fsp3) is 0.833. The summed E-state index contributed by atoms with van der Waals surface area (Å²) in [7, 11) is 0. The molecule has 0 bridgehead atoms. The van der Waals surface area contributed by atoms with Gasteiger partial charge in [-0.3, -0.25) is 4.74 Å². The van der Waals surface area contributed by atoms with E-state index in [0.717, 1.165) is 6.42 Å². The van der Waals surface area contributed by atoms with E-state index in [1.165, 1.54) is 0 Å². The second-order valence-electron chi connectivity index (χ2n) is 5.50. The van der Waals surface area contributed by atoms with Crippen molar-refractivity contribution in [3.8, 4) is 0 Å². The molecule has 2 aliphatic rings. The maximum atomic E-state index is 12.0. The van der Waals surface area contributed by atoms with Crippen LogP contribution in [0.25, 0.3) is 0 Å². The van der Waals surface area contributed by atoms with E-state index in [2.05, 4.69) is 14.9 Å². The molecule has 0 amide bonds. The number of nitrogens with zero attached hydrogens (tertiary/aromatic N) is 2. The Balaban J connectivity index is 1.52. The van der Waals surface area contributed by atoms with Gasteiger partial charge in [0.25, 0.3) is 0 Å². The molecule has 3 rings (SSSR count). The van der Waals surface area contributed by atoms with Gasteiger partial charge in [0.05, 0.1) is 12.7 Å². The SMILES string of the molecule is N[C@@H]1CC[C@@H](c2noc(C3CC(OC(F)(F)F)C3)n2)OC1. The van der Waals surface area contributed by atoms with Gasteiger partial charge in [-0.05, 0) is 25.7 Å². The normalized spacial score (nSPS) is 33.7. The number of alkyl halides is 3. The monoisotopic (exact) mass is 307 g/mol. The number of hydrogen-bond donors (Lipinski definition) is 1. The number of ether oxygens (including phenoxy) is 2. The Labute approximate surface area is 118 Å². The van der Waals surface area contributed by atoms with Gasteiger partial charge in [-0.2, -0.15) is 4.98 Å². The highest BCUT2D eigenvalue weighted by atomic mass is 19.4. The molecule has 0 spiro atoms. The predicted octanol–water partition coefficient (Wildman–Crippen LogP) is 2.03. The van der Waals surface area contributed by atoms with Gasteiger partial charge in [0.1, 0.15) is 6.10 Å². The summed E-state index contributed by atoms with van der Waals surface area (Å²) in [5.74, 6) is 0.618. The zero-order valence-electron chi connectivity index (χ0n) is 11.2. The van der Waals surface area contributed by atoms with Gasteiger partial charge >= 0.3 is 6.36 Å². The Bertz CT molecular complexity index is 480. The van der Waals surface area contributed by atoms with Crippen molar-refractivity contribution in [3.63, 3.8) is 0 Å². The number of hydrogen-bond acceptors (Lipinski definition) is 6. The van der Waals surface area contributed by atoms with Crippen LogP contribution in [0, 0.1) is 0 Å². The van der Waals surface area contributed by atoms with Crippen molar-refractivity contribution in [1.29, 1.82) is 0 Å². The van der Waals surface area contributed by atoms with Crippen LogP contribution in [-0.2, 0) is 9.47 Å². The lowest BCUT2D eigenvalue weighted by atomic mass is 9.82. The van der Waals surface area contributed by atoms with Crippen LogP contribution in [0.3, 0.4) is 0 Å². The van der Waals surface area contributed by atoms with Gasteiger partial charge in [-0.15, -0.1) is 13.2 Å². The fourth-order valence-corrected chi connectivity index (χ4v) is 2.57. The average molecular weight is 307 g/mol. The van der Waals surface area contributed by atoms with E-state index < -0.39 is 12.5 Å². The van der Waals surface area contributed by atoms with E-state index >= 15 is 0 Å². The van der Waals surface area contributed by atoms with E-state index in [1.807, 2.05) is 0 Å². The standard InChI is InChI=1S/C12H16F3N3O3/c13-12(14,15)20-8-3-6(4-8)11-17-10(18-21-11)9-2-1-7(16)5-19-9/h6-9H,1-5,16H2/t6?,7-,8?,9+/m1/s1. The van der Waals surface area contributed by atoms with Crippen LogP contribution in [0.4, 0.5) is 13.2 Å². The molecule has 1 aliphatic carbocycles. The van der Waals surface area contributed by atoms with Gasteiger partial charge in [-0.25, -0.2) is 0 Å². The van der Waals surface area contributed by atoms with Crippen molar-refractivity contribution in [2.24, 2.45) is 5.73 Å². The Hall–Kier alpha value is -1.19. The van der Waals surface area contributed by atoms with Crippen molar-refractivity contribution in [3.05, 3.63) is 11.7 Å². The van der Waals surface area contributed by atoms with E-state index in [9.17, 15) is 13.2 Å². The summed E-state index contributed by atoms with van der Waals surface area (Å²) in [6.45, 7) is 0.444. The summed E-state index contributed by atoms with van der Waals surface area (Å²) < 4.78 is 50.7. The zero-order chi connectivity index (χ0) is 15.0. The molecule has 6 nitrogen and oxygen atoms in total. The lowest BCUT2D eigenvalue weighted by Crippen LogP contribution is -2.35. The first kappa shape index (κ1) is 14.7. The third kappa shape index (κ3) is 3.53. The maximum Gasteiger partial charge on any atom is 0.522 e. The van der Waals surface area contributed by atoms with Crippen LogP contribution in [0.5, 0.6) is 0 Å². The van der Waals surface area contributed by atoms with Crippen LogP contribution in [0.1, 0.15) is 49.4 Å². The minimum atomic E-state index is -4.59. The van der Waals surface area contributed by atoms with Gasteiger partial charge in [-0.1, -0.05) is 5.16 Å². The van der Waals surface area contributed by atoms with Crippen molar-refractivity contribution >= 4 is 0 Å². The topological polar surface area (TPSA) is 83.4 Å². The lowest BCUT2D eigenvalue weighted by Gasteiger charge is -2.32. The van der Waals surface area contributed by atoms with E-state index in [1.54, 1.807) is 0 Å². The number of aromatic nitrogens is 2. The molecule has 2 fully saturated rings. The predicted molar refractivity (Wildman–Crippen MR) is 63.1 cm³/mol. The third-order valence-corrected chi connectivity index (χ3v) is 3.80. The van der Waals surface area contributed by atoms with Crippen molar-refractivity contribution in [1.82, 2.24) is 10.1 Å². The molecule has 0 radical (unpaired) electrons. The van der Waals surface area contributed by atoms with E-state index in [-0.39, 0.29) is 30.9 Å². The molecule has 2 atom stereocenters. The fourth-order valence-electron chi connectivity index (χ4n) is 2.57. The summed E-state index contributed by atoms with van der Waals surface area (Å²) in [6.07, 6.45) is -3.66. The lowest BCUT2D eigenvalue weighted by molar-refractivity contribution is -0.352. The molecule has 2 heterocycles. The molecule has 0 aromatic carbocycles. The van der Waals surface area contributed by atoms with Gasteiger partial charge in [0.15, 0.2) is 0 Å². The highest BCUT2D eigenvalue weighted by Crippen LogP contribution is 2.41. The first-order valence-electron chi connectivity index (χ1n) is 6.86. The molecule has 9 heteroatoms. The summed E-state index contributed by atoms with van der Waals surface area (Å²) in [4.78, 5) is 4.23. The van der Waals surface area contributed by atoms with Crippen LogP contribution in [0.2, 0.25) is 0 Å². The van der Waals surface area contributed by atoms with E-state index in [4.69, 9.17) is 15.0 Å². The molecule has 118 valence electrons. The quantitative estimate of drug-likeness (QED) is 0.920. The first-order chi connectivity index (χ1) is 9.90. The number of halogens is 3. The molecule has 1 aliphatic heterocycles. The molecular formula is C12H16F3N3O3. The second-order valence-corrected chi connectivity index (χ2v) is 5.50. The maximum absolute atomic E-state index is 12.0. The minimum absolute atomic E-state index is 0.0273. The molecule has 1 aromatic rings. The first-order valence-corrected chi connectivity index (χ1v) is 6.86. The summed E-state index contributed by atoms with van der Waals surface area (Å²) >= 11 is 0. The zero-order valence-corrected chi connectivity index (χ0v) is 11.2. The second kappa shape index (κ2) is 5.54. The summed E-state index contributed by atoms with van der Waals surface area (Å²) in [6, 6.07) is 0.0273. The minimum Gasteiger partial charge on any atom is -0.368 e. The Morgan fingerprint density at radius 1 is 1.24 bits per heavy atom. The van der Waals surface area contributed by atoms with Crippen molar-refractivity contribution < 1.29 is 27.2 Å². The van der Waals surface area contributed by atoms with Crippen molar-refractivity contribution in [2.75, 3.05) is 6.61 Å². The Kier molecular flexibility index (Phi) is 3.89. The summed E-state index contributed by atoms with van der Waals surface area (Å²) in [5, 5.41) is 3.85. The third-order valence-electron chi connectivity index (χ3n) is 3.80. The van der Waals surface area contributed by atoms with Crippen LogP contribution >= 0.6 is 0 Å². The molecule has 2 N–H and O–H groups in total. The summed E-state index contributed by atoms with van der Waals surface area (Å²) in [5.41, 5.74) is 5.73. The smallest absolute Gasteiger partial charge is 0.368 e. The molecule has 1 saturated heterocycles. The highest BCUT2D eigenvalue weighted by molar-refractivity contribution is 5.03. The molecule has 0 unspecified atom stereocenters. The Morgan fingerprint density at radius 2 is 2.00 bits per heavy atom. The van der Waals surface area contributed by atoms with Crippen LogP contribution in [0.15, 0.2) is 4.52 Å². The molecule has 1 saturated carbocycles. The molecule has 21 heavy (non-hydrogen) atoms. The number of nitrogens with two attached hydrogens (primary N) is 1. The Morgan fingerprint density at radius 3 is 2.62 bits per heavy atom. The highest BCUT2D eigenvalue weighted by Gasteiger charge is 2.42. The number of rotatable bonds is 3. The van der Waals surface area contributed by atoms with Gasteiger partial charge < -0.3 is 15.0 Å². The van der Waals surface area contributed by atoms with Crippen LogP contribution in [-0.4, -0.2) is 35.3 Å². The average Bonchev–Trinajstić information content (AvgIpc) is 2.82. The molecular weight excluding hydrogens is 291 g/mol. The van der Waals surface area contributed by atoms with Crippen LogP contribution < -0.4 is 5.73 Å². The molecule has 1 aromatic heterocycles. The van der Waals surface area contributed by atoms with Gasteiger partial charge in [0.2, 0.25) is 11.7 Å². The van der Waals surface area contributed by atoms with Crippen molar-refractivity contribution in [2.45, 2.75) is 56.2 Å².